The molecule has 1 saturated carbocycles. The third-order valence-electron chi connectivity index (χ3n) is 5.11. The molecule has 3 rings (SSSR count). The lowest BCUT2D eigenvalue weighted by Crippen LogP contribution is -2.40. The number of nitrogens with one attached hydrogen (secondary N) is 1. The van der Waals surface area contributed by atoms with E-state index in [9.17, 15) is 0 Å². The van der Waals surface area contributed by atoms with Crippen molar-refractivity contribution >= 4 is 29.9 Å². The van der Waals surface area contributed by atoms with E-state index in [1.807, 2.05) is 12.3 Å². The second-order valence-electron chi connectivity index (χ2n) is 6.65. The highest BCUT2D eigenvalue weighted by atomic mass is 127. The topological polar surface area (TPSA) is 40.5 Å². The van der Waals surface area contributed by atoms with E-state index in [1.165, 1.54) is 44.3 Å². The maximum Gasteiger partial charge on any atom is 0.194 e. The Morgan fingerprint density at radius 3 is 2.61 bits per heavy atom. The molecule has 128 valence electrons. The number of aryl methyl sites for hydroxylation is 1. The number of guanidine groups is 1. The first kappa shape index (κ1) is 18.5. The number of hydrogen-bond donors (Lipinski definition) is 1. The van der Waals surface area contributed by atoms with Crippen molar-refractivity contribution in [1.82, 2.24) is 15.2 Å². The van der Waals surface area contributed by atoms with Crippen molar-refractivity contribution in [3.63, 3.8) is 0 Å². The monoisotopic (exact) mass is 428 g/mol. The molecule has 23 heavy (non-hydrogen) atoms. The lowest BCUT2D eigenvalue weighted by atomic mass is 9.82. The van der Waals surface area contributed by atoms with Gasteiger partial charge in [0.2, 0.25) is 0 Å². The molecule has 1 aliphatic carbocycles. The predicted octanol–water partition coefficient (Wildman–Crippen LogP) is 3.60. The van der Waals surface area contributed by atoms with Crippen molar-refractivity contribution in [2.24, 2.45) is 16.8 Å². The van der Waals surface area contributed by atoms with E-state index < -0.39 is 0 Å². The van der Waals surface area contributed by atoms with Crippen LogP contribution >= 0.6 is 24.0 Å². The third kappa shape index (κ3) is 4.58. The summed E-state index contributed by atoms with van der Waals surface area (Å²) >= 11 is 0. The standard InChI is InChI=1S/C18H28N4.HI/c1-3-19-18(21-11-17-14(2)7-6-10-20-17)22-12-15-8-4-5-9-16(15)13-22;/h6-7,10,15-16H,3-5,8-9,11-13H2,1-2H3,(H,19,21);1H. The summed E-state index contributed by atoms with van der Waals surface area (Å²) in [7, 11) is 0. The molecule has 1 saturated heterocycles. The molecule has 1 aromatic rings. The van der Waals surface area contributed by atoms with E-state index in [4.69, 9.17) is 4.99 Å². The Kier molecular flexibility index (Phi) is 7.11. The van der Waals surface area contributed by atoms with Gasteiger partial charge in [-0.25, -0.2) is 4.99 Å². The normalized spacial score (nSPS) is 24.1. The van der Waals surface area contributed by atoms with Crippen LogP contribution in [0, 0.1) is 18.8 Å². The summed E-state index contributed by atoms with van der Waals surface area (Å²) in [5.41, 5.74) is 2.30. The summed E-state index contributed by atoms with van der Waals surface area (Å²) in [4.78, 5) is 11.8. The Morgan fingerprint density at radius 1 is 1.30 bits per heavy atom. The molecule has 1 aromatic heterocycles. The first-order chi connectivity index (χ1) is 10.8. The van der Waals surface area contributed by atoms with Gasteiger partial charge in [0.25, 0.3) is 0 Å². The zero-order valence-corrected chi connectivity index (χ0v) is 16.6. The SMILES string of the molecule is CCNC(=NCc1ncccc1C)N1CC2CCCCC2C1.I. The van der Waals surface area contributed by atoms with Crippen LogP contribution in [0.3, 0.4) is 0 Å². The molecule has 0 radical (unpaired) electrons. The van der Waals surface area contributed by atoms with Crippen molar-refractivity contribution in [2.75, 3.05) is 19.6 Å². The molecule has 2 heterocycles. The lowest BCUT2D eigenvalue weighted by Gasteiger charge is -2.22. The molecule has 0 bridgehead atoms. The number of fused-ring (bicyclic) bond motifs is 1. The number of halogens is 1. The highest BCUT2D eigenvalue weighted by Gasteiger charge is 2.35. The minimum atomic E-state index is 0. The maximum absolute atomic E-state index is 4.85. The van der Waals surface area contributed by atoms with Crippen LogP contribution in [-0.2, 0) is 6.54 Å². The highest BCUT2D eigenvalue weighted by molar-refractivity contribution is 14.0. The van der Waals surface area contributed by atoms with Gasteiger partial charge in [0.15, 0.2) is 5.96 Å². The molecule has 1 aliphatic heterocycles. The fraction of sp³-hybridized carbons (Fsp3) is 0.667. The number of likely N-dealkylation sites (tertiary alicyclic amines) is 1. The fourth-order valence-corrected chi connectivity index (χ4v) is 3.84. The smallest absolute Gasteiger partial charge is 0.194 e. The second kappa shape index (κ2) is 8.85. The van der Waals surface area contributed by atoms with Crippen LogP contribution in [0.1, 0.15) is 43.9 Å². The molecule has 4 nitrogen and oxygen atoms in total. The molecular formula is C18H29IN4. The number of rotatable bonds is 3. The average Bonchev–Trinajstić information content (AvgIpc) is 2.96. The maximum atomic E-state index is 4.85. The Morgan fingerprint density at radius 2 is 2.00 bits per heavy atom. The van der Waals surface area contributed by atoms with E-state index in [1.54, 1.807) is 0 Å². The van der Waals surface area contributed by atoms with Crippen molar-refractivity contribution < 1.29 is 0 Å². The van der Waals surface area contributed by atoms with Crippen molar-refractivity contribution in [3.05, 3.63) is 29.6 Å². The van der Waals surface area contributed by atoms with Gasteiger partial charge >= 0.3 is 0 Å². The highest BCUT2D eigenvalue weighted by Crippen LogP contribution is 2.35. The summed E-state index contributed by atoms with van der Waals surface area (Å²) in [6.45, 7) is 8.20. The van der Waals surface area contributed by atoms with Crippen LogP contribution in [0.25, 0.3) is 0 Å². The van der Waals surface area contributed by atoms with Gasteiger partial charge in [-0.15, -0.1) is 24.0 Å². The van der Waals surface area contributed by atoms with Gasteiger partial charge in [-0.3, -0.25) is 4.98 Å². The zero-order valence-electron chi connectivity index (χ0n) is 14.3. The lowest BCUT2D eigenvalue weighted by molar-refractivity contribution is 0.299. The summed E-state index contributed by atoms with van der Waals surface area (Å²) in [5, 5.41) is 3.47. The van der Waals surface area contributed by atoms with Crippen LogP contribution in [0.5, 0.6) is 0 Å². The quantitative estimate of drug-likeness (QED) is 0.455. The molecule has 2 unspecified atom stereocenters. The average molecular weight is 428 g/mol. The van der Waals surface area contributed by atoms with Crippen molar-refractivity contribution in [3.8, 4) is 0 Å². The van der Waals surface area contributed by atoms with E-state index in [0.717, 1.165) is 30.0 Å². The summed E-state index contributed by atoms with van der Waals surface area (Å²) in [6.07, 6.45) is 7.49. The molecule has 0 amide bonds. The predicted molar refractivity (Wildman–Crippen MR) is 106 cm³/mol. The van der Waals surface area contributed by atoms with Gasteiger partial charge in [-0.2, -0.15) is 0 Å². The number of pyridine rings is 1. The molecule has 0 spiro atoms. The molecule has 2 atom stereocenters. The first-order valence-electron chi connectivity index (χ1n) is 8.71. The number of aromatic nitrogens is 1. The van der Waals surface area contributed by atoms with Crippen LogP contribution < -0.4 is 5.32 Å². The van der Waals surface area contributed by atoms with E-state index in [0.29, 0.717) is 6.54 Å². The molecule has 2 fully saturated rings. The largest absolute Gasteiger partial charge is 0.357 e. The molecule has 5 heteroatoms. The van der Waals surface area contributed by atoms with E-state index >= 15 is 0 Å². The zero-order chi connectivity index (χ0) is 15.4. The summed E-state index contributed by atoms with van der Waals surface area (Å²) < 4.78 is 0. The van der Waals surface area contributed by atoms with Crippen LogP contribution in [0.2, 0.25) is 0 Å². The number of nitrogens with zero attached hydrogens (tertiary/aromatic N) is 3. The van der Waals surface area contributed by atoms with Crippen LogP contribution in [0.15, 0.2) is 23.3 Å². The Hall–Kier alpha value is -0.850. The molecule has 1 N–H and O–H groups in total. The van der Waals surface area contributed by atoms with Gasteiger partial charge in [0.05, 0.1) is 12.2 Å². The van der Waals surface area contributed by atoms with Crippen molar-refractivity contribution in [1.29, 1.82) is 0 Å². The van der Waals surface area contributed by atoms with Gasteiger partial charge in [-0.05, 0) is 50.2 Å². The molecular weight excluding hydrogens is 399 g/mol. The molecule has 2 aliphatic rings. The second-order valence-corrected chi connectivity index (χ2v) is 6.65. The number of hydrogen-bond acceptors (Lipinski definition) is 2. The minimum Gasteiger partial charge on any atom is -0.357 e. The van der Waals surface area contributed by atoms with E-state index in [-0.39, 0.29) is 24.0 Å². The fourth-order valence-electron chi connectivity index (χ4n) is 3.84. The Balaban J connectivity index is 0.00000192. The minimum absolute atomic E-state index is 0. The summed E-state index contributed by atoms with van der Waals surface area (Å²) in [5.74, 6) is 2.84. The van der Waals surface area contributed by atoms with Gasteiger partial charge in [-0.1, -0.05) is 18.9 Å². The van der Waals surface area contributed by atoms with Gasteiger partial charge < -0.3 is 10.2 Å². The Bertz CT molecular complexity index is 518. The van der Waals surface area contributed by atoms with E-state index in [2.05, 4.69) is 35.1 Å². The molecule has 0 aromatic carbocycles. The Labute approximate surface area is 157 Å². The van der Waals surface area contributed by atoms with Crippen molar-refractivity contribution in [2.45, 2.75) is 46.1 Å². The van der Waals surface area contributed by atoms with Gasteiger partial charge in [0, 0.05) is 25.8 Å². The summed E-state index contributed by atoms with van der Waals surface area (Å²) in [6, 6.07) is 4.09. The number of aliphatic imine (C=N–C) groups is 1. The van der Waals surface area contributed by atoms with Crippen LogP contribution in [-0.4, -0.2) is 35.5 Å². The first-order valence-corrected chi connectivity index (χ1v) is 8.71. The van der Waals surface area contributed by atoms with Gasteiger partial charge in [0.1, 0.15) is 0 Å². The third-order valence-corrected chi connectivity index (χ3v) is 5.11. The van der Waals surface area contributed by atoms with Crippen LogP contribution in [0.4, 0.5) is 0 Å².